The number of aliphatic hydroxyl groups excluding tert-OH is 10. The summed E-state index contributed by atoms with van der Waals surface area (Å²) in [5.41, 5.74) is 0. The van der Waals surface area contributed by atoms with Crippen molar-refractivity contribution in [2.45, 2.75) is 98.4 Å². The molecular formula is C20H34O17. The average molecular weight is 546 g/mol. The van der Waals surface area contributed by atoms with Crippen molar-refractivity contribution in [1.29, 1.82) is 0 Å². The summed E-state index contributed by atoms with van der Waals surface area (Å²) in [6.45, 7) is -1.39. The van der Waals surface area contributed by atoms with Gasteiger partial charge in [0, 0.05) is 0 Å². The average Bonchev–Trinajstić information content (AvgIpc) is 2.88. The monoisotopic (exact) mass is 546 g/mol. The van der Waals surface area contributed by atoms with Gasteiger partial charge in [-0.15, -0.1) is 0 Å². The third-order valence-electron chi connectivity index (χ3n) is 6.70. The lowest BCUT2D eigenvalue weighted by Crippen LogP contribution is -2.62. The van der Waals surface area contributed by atoms with Crippen LogP contribution in [0.1, 0.15) is 0 Å². The summed E-state index contributed by atoms with van der Waals surface area (Å²) in [5.74, 6) is 0. The first-order valence-corrected chi connectivity index (χ1v) is 11.7. The molecule has 0 bridgehead atoms. The van der Waals surface area contributed by atoms with E-state index in [4.69, 9.17) is 33.2 Å². The number of aliphatic hydroxyl groups is 10. The molecule has 10 N–H and O–H groups in total. The molecule has 0 radical (unpaired) electrons. The van der Waals surface area contributed by atoms with E-state index in [0.717, 1.165) is 0 Å². The molecule has 4 rings (SSSR count). The van der Waals surface area contributed by atoms with E-state index in [1.807, 2.05) is 0 Å². The van der Waals surface area contributed by atoms with Crippen LogP contribution >= 0.6 is 0 Å². The van der Waals surface area contributed by atoms with Crippen molar-refractivity contribution in [3.05, 3.63) is 0 Å². The maximum atomic E-state index is 10.5. The smallest absolute Gasteiger partial charge is 0.186 e. The number of hydrogen-bond acceptors (Lipinski definition) is 17. The van der Waals surface area contributed by atoms with E-state index in [1.165, 1.54) is 0 Å². The van der Waals surface area contributed by atoms with Gasteiger partial charge in [-0.25, -0.2) is 0 Å². The highest BCUT2D eigenvalue weighted by Gasteiger charge is 2.49. The Morgan fingerprint density at radius 2 is 0.730 bits per heavy atom. The summed E-state index contributed by atoms with van der Waals surface area (Å²) in [4.78, 5) is 0. The Bertz CT molecular complexity index is 673. The van der Waals surface area contributed by atoms with Crippen LogP contribution in [0.5, 0.6) is 0 Å². The van der Waals surface area contributed by atoms with Gasteiger partial charge in [-0.1, -0.05) is 0 Å². The molecular weight excluding hydrogens is 512 g/mol. The third kappa shape index (κ3) is 6.23. The zero-order valence-electron chi connectivity index (χ0n) is 19.4. The van der Waals surface area contributed by atoms with E-state index >= 15 is 0 Å². The van der Waals surface area contributed by atoms with Gasteiger partial charge in [-0.2, -0.15) is 0 Å². The van der Waals surface area contributed by atoms with Crippen LogP contribution in [0.4, 0.5) is 0 Å². The van der Waals surface area contributed by atoms with Crippen molar-refractivity contribution in [3.63, 3.8) is 0 Å². The second-order valence-corrected chi connectivity index (χ2v) is 9.34. The van der Waals surface area contributed by atoms with Gasteiger partial charge in [0.05, 0.1) is 26.4 Å². The van der Waals surface area contributed by atoms with E-state index in [0.29, 0.717) is 0 Å². The Hall–Kier alpha value is -0.680. The first kappa shape index (κ1) is 29.3. The molecule has 4 heterocycles. The van der Waals surface area contributed by atoms with Gasteiger partial charge in [0.1, 0.15) is 73.2 Å². The molecule has 17 heteroatoms. The molecule has 216 valence electrons. The molecule has 4 saturated heterocycles. The van der Waals surface area contributed by atoms with Crippen LogP contribution < -0.4 is 0 Å². The van der Waals surface area contributed by atoms with Crippen molar-refractivity contribution in [3.8, 4) is 0 Å². The van der Waals surface area contributed by atoms with Crippen LogP contribution in [0.2, 0.25) is 0 Å². The Kier molecular flexibility index (Phi) is 9.69. The molecule has 0 spiro atoms. The highest BCUT2D eigenvalue weighted by Crippen LogP contribution is 2.28. The molecule has 0 aromatic carbocycles. The van der Waals surface area contributed by atoms with Gasteiger partial charge in [-0.05, 0) is 0 Å². The van der Waals surface area contributed by atoms with Gasteiger partial charge in [0.25, 0.3) is 0 Å². The van der Waals surface area contributed by atoms with E-state index < -0.39 is 98.4 Å². The molecule has 4 aliphatic heterocycles. The van der Waals surface area contributed by atoms with Crippen LogP contribution in [0, 0.1) is 0 Å². The number of rotatable bonds is 6. The predicted molar refractivity (Wildman–Crippen MR) is 110 cm³/mol. The highest BCUT2D eigenvalue weighted by atomic mass is 16.8. The zero-order chi connectivity index (χ0) is 27.0. The maximum absolute atomic E-state index is 10.5. The normalized spacial score (nSPS) is 53.7. The molecule has 0 aliphatic carbocycles. The minimum Gasteiger partial charge on any atom is -0.388 e. The van der Waals surface area contributed by atoms with Crippen LogP contribution in [0.3, 0.4) is 0 Å². The largest absolute Gasteiger partial charge is 0.388 e. The molecule has 0 aromatic heterocycles. The molecule has 0 amide bonds. The van der Waals surface area contributed by atoms with Crippen LogP contribution in [0.25, 0.3) is 0 Å². The number of hydrogen-bond donors (Lipinski definition) is 10. The summed E-state index contributed by atoms with van der Waals surface area (Å²) in [6, 6.07) is 0. The fourth-order valence-corrected chi connectivity index (χ4v) is 4.33. The number of ether oxygens (including phenoxy) is 7. The standard InChI is InChI=1S/C20H34O17/c21-5-1-32-18(14(27)9(5)22)36-7-3-34-20(16(29)11(7)24)37-8-4-33-19(15(28)12(8)25)35-6-2-31-17(30)13(26)10(6)23/h5-30H,1-4H2/t5-,6-,7-,8-,9+,10+,11+,12+,13-,14-,15-,16-,17+,18+,19+,20+/m1/s1. The predicted octanol–water partition coefficient (Wildman–Crippen LogP) is -7.19. The maximum Gasteiger partial charge on any atom is 0.186 e. The van der Waals surface area contributed by atoms with E-state index in [9.17, 15) is 51.1 Å². The molecule has 0 saturated carbocycles. The zero-order valence-corrected chi connectivity index (χ0v) is 19.4. The van der Waals surface area contributed by atoms with Gasteiger partial charge >= 0.3 is 0 Å². The first-order chi connectivity index (χ1) is 17.5. The first-order valence-electron chi connectivity index (χ1n) is 11.7. The van der Waals surface area contributed by atoms with Crippen LogP contribution in [-0.4, -0.2) is 176 Å². The second-order valence-electron chi connectivity index (χ2n) is 9.34. The lowest BCUT2D eigenvalue weighted by Gasteiger charge is -2.44. The van der Waals surface area contributed by atoms with Crippen LogP contribution in [-0.2, 0) is 33.2 Å². The quantitative estimate of drug-likeness (QED) is 0.148. The van der Waals surface area contributed by atoms with E-state index in [-0.39, 0.29) is 26.4 Å². The second kappa shape index (κ2) is 12.2. The van der Waals surface area contributed by atoms with Crippen molar-refractivity contribution in [2.24, 2.45) is 0 Å². The minimum absolute atomic E-state index is 0.326. The van der Waals surface area contributed by atoms with Crippen LogP contribution in [0.15, 0.2) is 0 Å². The van der Waals surface area contributed by atoms with Crippen molar-refractivity contribution < 1.29 is 84.2 Å². The van der Waals surface area contributed by atoms with Gasteiger partial charge in [0.15, 0.2) is 25.2 Å². The lowest BCUT2D eigenvalue weighted by atomic mass is 10.0. The molecule has 16 atom stereocenters. The molecule has 0 aromatic rings. The van der Waals surface area contributed by atoms with Gasteiger partial charge in [-0.3, -0.25) is 0 Å². The van der Waals surface area contributed by atoms with Crippen molar-refractivity contribution in [2.75, 3.05) is 26.4 Å². The molecule has 0 unspecified atom stereocenters. The Labute approximate surface area is 209 Å². The fraction of sp³-hybridized carbons (Fsp3) is 1.00. The summed E-state index contributed by atoms with van der Waals surface area (Å²) >= 11 is 0. The topological polar surface area (TPSA) is 267 Å². The summed E-state index contributed by atoms with van der Waals surface area (Å²) in [6.07, 6.45) is -24.0. The minimum atomic E-state index is -1.71. The van der Waals surface area contributed by atoms with E-state index in [1.54, 1.807) is 0 Å². The SMILES string of the molecule is O[C@@H]1[C@@H](O)[C@H](O[C@@H]2CO[C@@H](O[C@@H]3CO[C@@H](O[C@@H]4CO[C@H](O)[C@H](O)[C@H]4O)[C@H](O)[C@H]3O)[C@H](O)[C@H]2O)OC[C@H]1O. The Balaban J connectivity index is 1.27. The molecule has 37 heavy (non-hydrogen) atoms. The molecule has 17 nitrogen and oxygen atoms in total. The van der Waals surface area contributed by atoms with Crippen molar-refractivity contribution in [1.82, 2.24) is 0 Å². The Morgan fingerprint density at radius 1 is 0.378 bits per heavy atom. The lowest BCUT2D eigenvalue weighted by molar-refractivity contribution is -0.356. The Morgan fingerprint density at radius 3 is 1.19 bits per heavy atom. The molecule has 4 fully saturated rings. The van der Waals surface area contributed by atoms with Gasteiger partial charge < -0.3 is 84.2 Å². The summed E-state index contributed by atoms with van der Waals surface area (Å²) in [5, 5.41) is 100. The molecule has 4 aliphatic rings. The van der Waals surface area contributed by atoms with E-state index in [2.05, 4.69) is 0 Å². The third-order valence-corrected chi connectivity index (χ3v) is 6.70. The van der Waals surface area contributed by atoms with Crippen molar-refractivity contribution >= 4 is 0 Å². The summed E-state index contributed by atoms with van der Waals surface area (Å²) < 4.78 is 37.0. The fourth-order valence-electron chi connectivity index (χ4n) is 4.33. The van der Waals surface area contributed by atoms with Gasteiger partial charge in [0.2, 0.25) is 0 Å². The summed E-state index contributed by atoms with van der Waals surface area (Å²) in [7, 11) is 0. The highest BCUT2D eigenvalue weighted by molar-refractivity contribution is 4.91.